The molecule has 9 heteroatoms. The molecule has 1 heterocycles. The minimum Gasteiger partial charge on any atom is -0.481 e. The number of pyridine rings is 1. The van der Waals surface area contributed by atoms with Gasteiger partial charge < -0.3 is 10.1 Å². The van der Waals surface area contributed by atoms with Crippen LogP contribution in [-0.4, -0.2) is 16.1 Å². The fraction of sp³-hybridized carbons (Fsp3) is 0.333. The lowest BCUT2D eigenvalue weighted by atomic mass is 10.1. The molecule has 1 aromatic heterocycles. The van der Waals surface area contributed by atoms with Crippen molar-refractivity contribution in [3.63, 3.8) is 0 Å². The van der Waals surface area contributed by atoms with Gasteiger partial charge in [0.25, 0.3) is 6.43 Å². The van der Waals surface area contributed by atoms with Crippen molar-refractivity contribution < 1.29 is 31.9 Å². The van der Waals surface area contributed by atoms with Crippen LogP contribution >= 0.6 is 0 Å². The van der Waals surface area contributed by atoms with Gasteiger partial charge in [0, 0.05) is 11.8 Å². The van der Waals surface area contributed by atoms with Gasteiger partial charge in [-0.25, -0.2) is 8.78 Å². The summed E-state index contributed by atoms with van der Waals surface area (Å²) in [7, 11) is 0. The Kier molecular flexibility index (Phi) is 3.73. The molecule has 0 aliphatic carbocycles. The van der Waals surface area contributed by atoms with Crippen molar-refractivity contribution >= 4 is 5.97 Å². The third-order valence-electron chi connectivity index (χ3n) is 2.04. The average molecular weight is 271 g/mol. The van der Waals surface area contributed by atoms with E-state index in [0.717, 1.165) is 0 Å². The van der Waals surface area contributed by atoms with Gasteiger partial charge in [-0.15, -0.1) is 0 Å². The van der Waals surface area contributed by atoms with Crippen molar-refractivity contribution in [3.8, 4) is 0 Å². The standard InChI is InChI=1S/C9H6F5NO3/c10-8(11)5-6(18)3(1-4(16)17)2-15-7(5)9(12,13)14/h2,8H,1H2,(H,15,18)(H,16,17). The molecule has 0 saturated heterocycles. The zero-order valence-electron chi connectivity index (χ0n) is 8.52. The minimum absolute atomic E-state index is 0.477. The number of hydrogen-bond donors (Lipinski definition) is 2. The number of carbonyl (C=O) groups is 1. The van der Waals surface area contributed by atoms with E-state index in [2.05, 4.69) is 0 Å². The fourth-order valence-electron chi connectivity index (χ4n) is 1.33. The zero-order chi connectivity index (χ0) is 14.1. The van der Waals surface area contributed by atoms with Crippen LogP contribution in [0.3, 0.4) is 0 Å². The second-order valence-electron chi connectivity index (χ2n) is 3.30. The van der Waals surface area contributed by atoms with E-state index in [1.54, 1.807) is 0 Å². The largest absolute Gasteiger partial charge is 0.481 e. The highest BCUT2D eigenvalue weighted by Gasteiger charge is 2.38. The van der Waals surface area contributed by atoms with Crippen LogP contribution < -0.4 is 5.43 Å². The normalized spacial score (nSPS) is 11.9. The predicted molar refractivity (Wildman–Crippen MR) is 48.4 cm³/mol. The maximum atomic E-state index is 12.5. The van der Waals surface area contributed by atoms with E-state index < -0.39 is 47.2 Å². The van der Waals surface area contributed by atoms with Gasteiger partial charge in [-0.05, 0) is 0 Å². The molecule has 0 aliphatic heterocycles. The molecule has 0 saturated carbocycles. The first-order chi connectivity index (χ1) is 8.14. The van der Waals surface area contributed by atoms with Crippen LogP contribution in [0, 0.1) is 0 Å². The molecule has 0 unspecified atom stereocenters. The SMILES string of the molecule is O=C(O)Cc1c[nH]c(C(F)(F)F)c(C(F)F)c1=O. The summed E-state index contributed by atoms with van der Waals surface area (Å²) in [5.41, 5.74) is -5.90. The van der Waals surface area contributed by atoms with Crippen molar-refractivity contribution in [1.82, 2.24) is 4.98 Å². The number of aromatic amines is 1. The Morgan fingerprint density at radius 1 is 1.39 bits per heavy atom. The number of nitrogens with one attached hydrogen (secondary N) is 1. The Morgan fingerprint density at radius 3 is 2.33 bits per heavy atom. The van der Waals surface area contributed by atoms with E-state index in [0.29, 0.717) is 6.20 Å². The first kappa shape index (κ1) is 14.1. The maximum absolute atomic E-state index is 12.5. The van der Waals surface area contributed by atoms with Crippen molar-refractivity contribution in [1.29, 1.82) is 0 Å². The molecule has 0 fully saturated rings. The molecule has 0 aromatic carbocycles. The zero-order valence-corrected chi connectivity index (χ0v) is 8.52. The first-order valence-electron chi connectivity index (χ1n) is 4.46. The molecule has 0 aliphatic rings. The molecule has 100 valence electrons. The third-order valence-corrected chi connectivity index (χ3v) is 2.04. The van der Waals surface area contributed by atoms with E-state index >= 15 is 0 Å². The van der Waals surface area contributed by atoms with Gasteiger partial charge in [0.2, 0.25) is 0 Å². The molecule has 0 spiro atoms. The van der Waals surface area contributed by atoms with Gasteiger partial charge in [0.15, 0.2) is 5.43 Å². The highest BCUT2D eigenvalue weighted by atomic mass is 19.4. The van der Waals surface area contributed by atoms with Crippen LogP contribution in [0.2, 0.25) is 0 Å². The van der Waals surface area contributed by atoms with Crippen molar-refractivity contribution in [3.05, 3.63) is 33.2 Å². The third kappa shape index (κ3) is 2.84. The fourth-order valence-corrected chi connectivity index (χ4v) is 1.33. The first-order valence-corrected chi connectivity index (χ1v) is 4.46. The second kappa shape index (κ2) is 4.75. The summed E-state index contributed by atoms with van der Waals surface area (Å²) >= 11 is 0. The van der Waals surface area contributed by atoms with Crippen molar-refractivity contribution in [2.45, 2.75) is 19.0 Å². The van der Waals surface area contributed by atoms with Crippen LogP contribution in [-0.2, 0) is 17.4 Å². The highest BCUT2D eigenvalue weighted by molar-refractivity contribution is 5.70. The Hall–Kier alpha value is -1.93. The van der Waals surface area contributed by atoms with Gasteiger partial charge >= 0.3 is 12.1 Å². The summed E-state index contributed by atoms with van der Waals surface area (Å²) in [6, 6.07) is 0. The van der Waals surface area contributed by atoms with E-state index in [9.17, 15) is 31.5 Å². The molecule has 0 amide bonds. The number of rotatable bonds is 3. The number of H-pyrrole nitrogens is 1. The lowest BCUT2D eigenvalue weighted by Crippen LogP contribution is -2.25. The quantitative estimate of drug-likeness (QED) is 0.825. The van der Waals surface area contributed by atoms with Crippen molar-refractivity contribution in [2.75, 3.05) is 0 Å². The van der Waals surface area contributed by atoms with Gasteiger partial charge in [-0.2, -0.15) is 13.2 Å². The monoisotopic (exact) mass is 271 g/mol. The Bertz CT molecular complexity index is 520. The van der Waals surface area contributed by atoms with Crippen LogP contribution in [0.15, 0.2) is 11.0 Å². The van der Waals surface area contributed by atoms with E-state index in [1.165, 1.54) is 4.98 Å². The van der Waals surface area contributed by atoms with Gasteiger partial charge in [0.05, 0.1) is 12.0 Å². The van der Waals surface area contributed by atoms with E-state index in [4.69, 9.17) is 5.11 Å². The topological polar surface area (TPSA) is 70.2 Å². The molecular formula is C9H6F5NO3. The number of aliphatic carboxylic acids is 1. The van der Waals surface area contributed by atoms with Crippen LogP contribution in [0.5, 0.6) is 0 Å². The number of halogens is 5. The molecule has 0 bridgehead atoms. The molecule has 0 radical (unpaired) electrons. The Balaban J connectivity index is 3.48. The van der Waals surface area contributed by atoms with Crippen LogP contribution in [0.4, 0.5) is 22.0 Å². The lowest BCUT2D eigenvalue weighted by Gasteiger charge is -2.12. The van der Waals surface area contributed by atoms with Crippen molar-refractivity contribution in [2.24, 2.45) is 0 Å². The number of hydrogen-bond acceptors (Lipinski definition) is 2. The second-order valence-corrected chi connectivity index (χ2v) is 3.30. The summed E-state index contributed by atoms with van der Waals surface area (Å²) in [5.74, 6) is -1.51. The summed E-state index contributed by atoms with van der Waals surface area (Å²) in [6.45, 7) is 0. The summed E-state index contributed by atoms with van der Waals surface area (Å²) in [6.07, 6.45) is -9.26. The van der Waals surface area contributed by atoms with Gasteiger partial charge in [0.1, 0.15) is 5.69 Å². The average Bonchev–Trinajstić information content (AvgIpc) is 2.17. The molecule has 2 N–H and O–H groups in total. The smallest absolute Gasteiger partial charge is 0.431 e. The Labute approximate surface area is 96.1 Å². The number of alkyl halides is 5. The minimum atomic E-state index is -5.15. The molecule has 18 heavy (non-hydrogen) atoms. The summed E-state index contributed by atoms with van der Waals surface area (Å²) in [5, 5.41) is 8.39. The summed E-state index contributed by atoms with van der Waals surface area (Å²) < 4.78 is 62.0. The maximum Gasteiger partial charge on any atom is 0.431 e. The molecular weight excluding hydrogens is 265 g/mol. The molecule has 4 nitrogen and oxygen atoms in total. The molecule has 1 rings (SSSR count). The predicted octanol–water partition coefficient (Wildman–Crippen LogP) is 1.96. The highest BCUT2D eigenvalue weighted by Crippen LogP contribution is 2.33. The number of carboxylic acids is 1. The molecule has 0 atom stereocenters. The Morgan fingerprint density at radius 2 is 1.94 bits per heavy atom. The van der Waals surface area contributed by atoms with E-state index in [1.807, 2.05) is 0 Å². The molecule has 1 aromatic rings. The number of carboxylic acid groups (broad SMARTS) is 1. The number of aromatic nitrogens is 1. The van der Waals surface area contributed by atoms with Crippen LogP contribution in [0.25, 0.3) is 0 Å². The lowest BCUT2D eigenvalue weighted by molar-refractivity contribution is -0.143. The van der Waals surface area contributed by atoms with Gasteiger partial charge in [-0.3, -0.25) is 9.59 Å². The van der Waals surface area contributed by atoms with E-state index in [-0.39, 0.29) is 0 Å². The van der Waals surface area contributed by atoms with Gasteiger partial charge in [-0.1, -0.05) is 0 Å². The summed E-state index contributed by atoms with van der Waals surface area (Å²) in [4.78, 5) is 23.2. The van der Waals surface area contributed by atoms with Crippen LogP contribution in [0.1, 0.15) is 23.2 Å².